The van der Waals surface area contributed by atoms with Crippen LogP contribution in [0.15, 0.2) is 36.4 Å². The van der Waals surface area contributed by atoms with Crippen molar-refractivity contribution in [3.8, 4) is 0 Å². The minimum atomic E-state index is -4.63. The zero-order valence-electron chi connectivity index (χ0n) is 15.6. The molecule has 2 amide bonds. The molecule has 0 radical (unpaired) electrons. The van der Waals surface area contributed by atoms with Crippen molar-refractivity contribution in [3.05, 3.63) is 57.0 Å². The smallest absolute Gasteiger partial charge is 0.325 e. The molecule has 2 N–H and O–H groups in total. The molecule has 162 valence electrons. The number of carbonyl (C=O) groups excluding carboxylic acids is 2. The maximum Gasteiger partial charge on any atom is 0.417 e. The number of likely N-dealkylation sites (N-methyl/N-ethyl adjacent to an activating group) is 1. The number of halogens is 6. The van der Waals surface area contributed by atoms with Crippen LogP contribution in [-0.2, 0) is 15.8 Å². The molecule has 0 saturated heterocycles. The Kier molecular flexibility index (Phi) is 8.37. The lowest BCUT2D eigenvalue weighted by Gasteiger charge is -2.17. The first-order chi connectivity index (χ1) is 14.0. The summed E-state index contributed by atoms with van der Waals surface area (Å²) in [6.07, 6.45) is -4.59. The summed E-state index contributed by atoms with van der Waals surface area (Å²) in [6, 6.07) is 7.91. The molecule has 2 aromatic rings. The van der Waals surface area contributed by atoms with E-state index in [1.165, 1.54) is 6.07 Å². The summed E-state index contributed by atoms with van der Waals surface area (Å²) in [4.78, 5) is 25.7. The molecule has 0 fully saturated rings. The van der Waals surface area contributed by atoms with Crippen LogP contribution in [0, 0.1) is 0 Å². The molecule has 0 unspecified atom stereocenters. The van der Waals surface area contributed by atoms with Gasteiger partial charge < -0.3 is 10.6 Å². The van der Waals surface area contributed by atoms with Crippen LogP contribution >= 0.6 is 34.8 Å². The number of benzene rings is 2. The number of hydrogen-bond acceptors (Lipinski definition) is 3. The van der Waals surface area contributed by atoms with Crippen molar-refractivity contribution >= 4 is 58.0 Å². The fourth-order valence-electron chi connectivity index (χ4n) is 2.46. The van der Waals surface area contributed by atoms with Gasteiger partial charge in [-0.25, -0.2) is 0 Å². The van der Waals surface area contributed by atoms with Crippen LogP contribution < -0.4 is 10.6 Å². The summed E-state index contributed by atoms with van der Waals surface area (Å²) in [5, 5.41) is 5.12. The fraction of sp³-hybridized carbons (Fsp3) is 0.263. The van der Waals surface area contributed by atoms with Gasteiger partial charge >= 0.3 is 6.18 Å². The molecule has 0 aliphatic heterocycles. The number of nitrogens with one attached hydrogen (secondary N) is 2. The van der Waals surface area contributed by atoms with Gasteiger partial charge in [0, 0.05) is 18.7 Å². The maximum absolute atomic E-state index is 12.9. The van der Waals surface area contributed by atoms with Gasteiger partial charge in [0.15, 0.2) is 0 Å². The predicted molar refractivity (Wildman–Crippen MR) is 112 cm³/mol. The van der Waals surface area contributed by atoms with Crippen molar-refractivity contribution in [1.29, 1.82) is 0 Å². The van der Waals surface area contributed by atoms with E-state index in [4.69, 9.17) is 34.8 Å². The largest absolute Gasteiger partial charge is 0.417 e. The molecule has 0 atom stereocenters. The zero-order chi connectivity index (χ0) is 22.5. The minimum Gasteiger partial charge on any atom is -0.325 e. The lowest BCUT2D eigenvalue weighted by molar-refractivity contribution is -0.137. The van der Waals surface area contributed by atoms with E-state index in [1.54, 1.807) is 30.1 Å². The van der Waals surface area contributed by atoms with Gasteiger partial charge in [0.2, 0.25) is 11.8 Å². The van der Waals surface area contributed by atoms with E-state index in [2.05, 4.69) is 10.6 Å². The van der Waals surface area contributed by atoms with Crippen molar-refractivity contribution < 1.29 is 22.8 Å². The number of nitrogens with zero attached hydrogens (tertiary/aromatic N) is 1. The number of amides is 2. The van der Waals surface area contributed by atoms with Gasteiger partial charge in [-0.15, -0.1) is 0 Å². The third-order valence-electron chi connectivity index (χ3n) is 3.92. The van der Waals surface area contributed by atoms with Crippen molar-refractivity contribution in [3.63, 3.8) is 0 Å². The van der Waals surface area contributed by atoms with Gasteiger partial charge in [-0.1, -0.05) is 40.9 Å². The Morgan fingerprint density at radius 2 is 1.60 bits per heavy atom. The van der Waals surface area contributed by atoms with E-state index in [0.717, 1.165) is 12.1 Å². The lowest BCUT2D eigenvalue weighted by atomic mass is 10.2. The summed E-state index contributed by atoms with van der Waals surface area (Å²) >= 11 is 17.5. The van der Waals surface area contributed by atoms with Crippen LogP contribution in [-0.4, -0.2) is 36.9 Å². The summed E-state index contributed by atoms with van der Waals surface area (Å²) in [5.74, 6) is -0.896. The quantitative estimate of drug-likeness (QED) is 0.543. The van der Waals surface area contributed by atoms with Crippen molar-refractivity contribution in [1.82, 2.24) is 4.90 Å². The van der Waals surface area contributed by atoms with E-state index in [1.807, 2.05) is 0 Å². The first-order valence-electron chi connectivity index (χ1n) is 8.56. The van der Waals surface area contributed by atoms with Gasteiger partial charge in [-0.05, 0) is 37.4 Å². The van der Waals surface area contributed by atoms with E-state index < -0.39 is 22.7 Å². The molecule has 0 aromatic heterocycles. The van der Waals surface area contributed by atoms with Crippen molar-refractivity contribution in [2.75, 3.05) is 30.8 Å². The SMILES string of the molecule is CN(CCC(=O)Nc1c(Cl)cccc1Cl)CC(=O)Nc1ccc(Cl)c(C(F)(F)F)c1. The number of hydrogen-bond donors (Lipinski definition) is 2. The molecule has 5 nitrogen and oxygen atoms in total. The molecule has 11 heteroatoms. The number of para-hydroxylation sites is 1. The average Bonchev–Trinajstić information content (AvgIpc) is 2.64. The van der Waals surface area contributed by atoms with E-state index in [0.29, 0.717) is 15.7 Å². The van der Waals surface area contributed by atoms with E-state index in [-0.39, 0.29) is 31.1 Å². The molecular weight excluding hydrogens is 466 g/mol. The summed E-state index contributed by atoms with van der Waals surface area (Å²) in [6.45, 7) is 0.0832. The molecule has 0 heterocycles. The molecule has 30 heavy (non-hydrogen) atoms. The van der Waals surface area contributed by atoms with Crippen molar-refractivity contribution in [2.45, 2.75) is 12.6 Å². The Bertz CT molecular complexity index is 919. The minimum absolute atomic E-state index is 0.0313. The van der Waals surface area contributed by atoms with Crippen molar-refractivity contribution in [2.24, 2.45) is 0 Å². The highest BCUT2D eigenvalue weighted by molar-refractivity contribution is 6.39. The number of alkyl halides is 3. The molecule has 0 aliphatic carbocycles. The number of rotatable bonds is 7. The second kappa shape index (κ2) is 10.3. The maximum atomic E-state index is 12.9. The lowest BCUT2D eigenvalue weighted by Crippen LogP contribution is -2.32. The predicted octanol–water partition coefficient (Wildman–Crippen LogP) is 5.56. The van der Waals surface area contributed by atoms with Crippen LogP contribution in [0.3, 0.4) is 0 Å². The van der Waals surface area contributed by atoms with Gasteiger partial charge in [-0.3, -0.25) is 14.5 Å². The van der Waals surface area contributed by atoms with Crippen LogP contribution in [0.4, 0.5) is 24.5 Å². The summed E-state index contributed by atoms with van der Waals surface area (Å²) in [5.41, 5.74) is -0.768. The molecule has 0 aliphatic rings. The Balaban J connectivity index is 1.86. The number of anilines is 2. The molecule has 0 bridgehead atoms. The first kappa shape index (κ1) is 24.3. The highest BCUT2D eigenvalue weighted by Gasteiger charge is 2.33. The second-order valence-electron chi connectivity index (χ2n) is 6.37. The Hall–Kier alpha value is -2.00. The summed E-state index contributed by atoms with van der Waals surface area (Å²) < 4.78 is 38.7. The van der Waals surface area contributed by atoms with E-state index >= 15 is 0 Å². The Labute approximate surface area is 186 Å². The third-order valence-corrected chi connectivity index (χ3v) is 4.88. The Morgan fingerprint density at radius 3 is 2.20 bits per heavy atom. The third kappa shape index (κ3) is 7.05. The molecule has 2 aromatic carbocycles. The van der Waals surface area contributed by atoms with Crippen LogP contribution in [0.25, 0.3) is 0 Å². The van der Waals surface area contributed by atoms with E-state index in [9.17, 15) is 22.8 Å². The van der Waals surface area contributed by atoms with Gasteiger partial charge in [0.1, 0.15) is 0 Å². The van der Waals surface area contributed by atoms with Crippen LogP contribution in [0.1, 0.15) is 12.0 Å². The van der Waals surface area contributed by atoms with Gasteiger partial charge in [-0.2, -0.15) is 13.2 Å². The van der Waals surface area contributed by atoms with Crippen LogP contribution in [0.5, 0.6) is 0 Å². The molecule has 2 rings (SSSR count). The van der Waals surface area contributed by atoms with Crippen LogP contribution in [0.2, 0.25) is 15.1 Å². The number of carbonyl (C=O) groups is 2. The van der Waals surface area contributed by atoms with Gasteiger partial charge in [0.05, 0.1) is 32.9 Å². The Morgan fingerprint density at radius 1 is 0.967 bits per heavy atom. The highest BCUT2D eigenvalue weighted by Crippen LogP contribution is 2.36. The normalized spacial score (nSPS) is 11.5. The second-order valence-corrected chi connectivity index (χ2v) is 7.59. The standard InChI is InChI=1S/C19H17Cl3F3N3O2/c1-28(8-7-16(29)27-18-14(21)3-2-4-15(18)22)10-17(30)26-11-5-6-13(20)12(9-11)19(23,24)25/h2-6,9H,7-8,10H2,1H3,(H,26,30)(H,27,29). The topological polar surface area (TPSA) is 61.4 Å². The highest BCUT2D eigenvalue weighted by atomic mass is 35.5. The average molecular weight is 483 g/mol. The monoisotopic (exact) mass is 481 g/mol. The summed E-state index contributed by atoms with van der Waals surface area (Å²) in [7, 11) is 1.60. The molecule has 0 spiro atoms. The zero-order valence-corrected chi connectivity index (χ0v) is 17.9. The fourth-order valence-corrected chi connectivity index (χ4v) is 3.17. The first-order valence-corrected chi connectivity index (χ1v) is 9.69. The van der Waals surface area contributed by atoms with Gasteiger partial charge in [0.25, 0.3) is 0 Å². The molecule has 0 saturated carbocycles. The molecular formula is C19H17Cl3F3N3O2.